The van der Waals surface area contributed by atoms with E-state index in [1.807, 2.05) is 80.6 Å². The number of carbonyl (C=O) groups excluding carboxylic acids is 2. The van der Waals surface area contributed by atoms with Crippen molar-refractivity contribution in [1.82, 2.24) is 9.97 Å². The Morgan fingerprint density at radius 2 is 1.70 bits per heavy atom. The van der Waals surface area contributed by atoms with Crippen LogP contribution in [0.5, 0.6) is 0 Å². The van der Waals surface area contributed by atoms with Crippen LogP contribution < -0.4 is 5.32 Å². The summed E-state index contributed by atoms with van der Waals surface area (Å²) < 4.78 is 0. The largest absolute Gasteiger partial charge is 0.335 e. The molecule has 30 heavy (non-hydrogen) atoms. The predicted molar refractivity (Wildman–Crippen MR) is 120 cm³/mol. The standard InChI is InChI=1S/C25H21N3O2/c1-16-12-17(2)14-19(13-16)25(30)26-20-7-5-6-18(15-20)10-11-23(29)24-27-21-8-3-4-9-22(21)28-24/h3-15H,1-2H3,(H,26,30)(H,27,28)/b11-10+. The highest BCUT2D eigenvalue weighted by Crippen LogP contribution is 2.16. The number of nitrogens with one attached hydrogen (secondary N) is 2. The van der Waals surface area contributed by atoms with Crippen molar-refractivity contribution in [2.75, 3.05) is 5.32 Å². The maximum atomic E-state index is 12.6. The Morgan fingerprint density at radius 1 is 0.933 bits per heavy atom. The lowest BCUT2D eigenvalue weighted by Gasteiger charge is -2.08. The number of anilines is 1. The van der Waals surface area contributed by atoms with E-state index < -0.39 is 0 Å². The number of imidazole rings is 1. The molecule has 2 N–H and O–H groups in total. The van der Waals surface area contributed by atoms with Gasteiger partial charge in [-0.25, -0.2) is 4.98 Å². The number of aromatic amines is 1. The molecule has 0 aliphatic rings. The van der Waals surface area contributed by atoms with Gasteiger partial charge in [-0.05, 0) is 61.9 Å². The summed E-state index contributed by atoms with van der Waals surface area (Å²) in [4.78, 5) is 32.4. The van der Waals surface area contributed by atoms with Crippen LogP contribution in [0.15, 0.2) is 72.8 Å². The Hall–Kier alpha value is -3.99. The number of hydrogen-bond acceptors (Lipinski definition) is 3. The third-order valence-corrected chi connectivity index (χ3v) is 4.68. The third kappa shape index (κ3) is 4.36. The predicted octanol–water partition coefficient (Wildman–Crippen LogP) is 5.33. The van der Waals surface area contributed by atoms with Gasteiger partial charge in [0.2, 0.25) is 5.78 Å². The average Bonchev–Trinajstić information content (AvgIpc) is 3.16. The molecule has 3 aromatic carbocycles. The van der Waals surface area contributed by atoms with Crippen molar-refractivity contribution in [1.29, 1.82) is 0 Å². The van der Waals surface area contributed by atoms with E-state index in [9.17, 15) is 9.59 Å². The van der Waals surface area contributed by atoms with Crippen LogP contribution in [0.4, 0.5) is 5.69 Å². The van der Waals surface area contributed by atoms with Gasteiger partial charge < -0.3 is 10.3 Å². The number of carbonyl (C=O) groups is 2. The van der Waals surface area contributed by atoms with E-state index in [0.717, 1.165) is 27.7 Å². The molecule has 0 aliphatic heterocycles. The smallest absolute Gasteiger partial charge is 0.255 e. The second kappa shape index (κ2) is 8.17. The van der Waals surface area contributed by atoms with Crippen LogP contribution in [0.25, 0.3) is 17.1 Å². The molecule has 1 aromatic heterocycles. The quantitative estimate of drug-likeness (QED) is 0.354. The van der Waals surface area contributed by atoms with E-state index in [1.54, 1.807) is 6.08 Å². The molecule has 0 fully saturated rings. The zero-order chi connectivity index (χ0) is 21.1. The first-order valence-corrected chi connectivity index (χ1v) is 9.65. The molecule has 0 bridgehead atoms. The molecule has 148 valence electrons. The lowest BCUT2D eigenvalue weighted by Crippen LogP contribution is -2.12. The van der Waals surface area contributed by atoms with Crippen LogP contribution in [-0.4, -0.2) is 21.7 Å². The van der Waals surface area contributed by atoms with Gasteiger partial charge in [0.05, 0.1) is 11.0 Å². The second-order valence-electron chi connectivity index (χ2n) is 7.26. The maximum absolute atomic E-state index is 12.6. The molecular formula is C25H21N3O2. The maximum Gasteiger partial charge on any atom is 0.255 e. The lowest BCUT2D eigenvalue weighted by molar-refractivity contribution is 0.102. The van der Waals surface area contributed by atoms with Gasteiger partial charge in [0, 0.05) is 11.3 Å². The van der Waals surface area contributed by atoms with Crippen molar-refractivity contribution in [3.05, 3.63) is 101 Å². The van der Waals surface area contributed by atoms with Crippen molar-refractivity contribution in [2.45, 2.75) is 13.8 Å². The van der Waals surface area contributed by atoms with E-state index in [2.05, 4.69) is 15.3 Å². The highest BCUT2D eigenvalue weighted by atomic mass is 16.1. The normalized spacial score (nSPS) is 11.1. The Morgan fingerprint density at radius 3 is 2.47 bits per heavy atom. The van der Waals surface area contributed by atoms with Crippen molar-refractivity contribution in [2.24, 2.45) is 0 Å². The van der Waals surface area contributed by atoms with E-state index in [4.69, 9.17) is 0 Å². The SMILES string of the molecule is Cc1cc(C)cc(C(=O)Nc2cccc(/C=C/C(=O)c3nc4ccccc4[nH]3)c2)c1. The number of aromatic nitrogens is 2. The fourth-order valence-electron chi connectivity index (χ4n) is 3.35. The lowest BCUT2D eigenvalue weighted by atomic mass is 10.1. The topological polar surface area (TPSA) is 74.8 Å². The summed E-state index contributed by atoms with van der Waals surface area (Å²) in [6.45, 7) is 3.93. The number of H-pyrrole nitrogens is 1. The van der Waals surface area contributed by atoms with Crippen LogP contribution in [0.1, 0.15) is 37.7 Å². The van der Waals surface area contributed by atoms with Gasteiger partial charge in [-0.1, -0.05) is 47.5 Å². The molecule has 0 spiro atoms. The number of allylic oxidation sites excluding steroid dienone is 1. The number of ketones is 1. The Balaban J connectivity index is 1.48. The molecule has 1 amide bonds. The number of rotatable bonds is 5. The molecule has 5 nitrogen and oxygen atoms in total. The van der Waals surface area contributed by atoms with Gasteiger partial charge in [-0.2, -0.15) is 0 Å². The van der Waals surface area contributed by atoms with Gasteiger partial charge in [-0.15, -0.1) is 0 Å². The van der Waals surface area contributed by atoms with E-state index in [0.29, 0.717) is 17.1 Å². The molecule has 5 heteroatoms. The van der Waals surface area contributed by atoms with Gasteiger partial charge in [0.1, 0.15) is 0 Å². The molecule has 4 aromatic rings. The number of hydrogen-bond donors (Lipinski definition) is 2. The van der Waals surface area contributed by atoms with Crippen molar-refractivity contribution < 1.29 is 9.59 Å². The molecule has 0 unspecified atom stereocenters. The van der Waals surface area contributed by atoms with E-state index >= 15 is 0 Å². The fourth-order valence-corrected chi connectivity index (χ4v) is 3.35. The molecule has 0 saturated carbocycles. The molecule has 0 saturated heterocycles. The summed E-state index contributed by atoms with van der Waals surface area (Å²) in [7, 11) is 0. The number of para-hydroxylation sites is 2. The zero-order valence-corrected chi connectivity index (χ0v) is 16.8. The summed E-state index contributed by atoms with van der Waals surface area (Å²) in [6.07, 6.45) is 3.19. The Kier molecular flexibility index (Phi) is 5.26. The molecule has 4 rings (SSSR count). The minimum Gasteiger partial charge on any atom is -0.335 e. The number of amides is 1. The van der Waals surface area contributed by atoms with E-state index in [1.165, 1.54) is 6.08 Å². The highest BCUT2D eigenvalue weighted by Gasteiger charge is 2.09. The van der Waals surface area contributed by atoms with Crippen LogP contribution in [0, 0.1) is 13.8 Å². The van der Waals surface area contributed by atoms with Crippen LogP contribution in [-0.2, 0) is 0 Å². The molecular weight excluding hydrogens is 374 g/mol. The van der Waals surface area contributed by atoms with Gasteiger partial charge in [0.25, 0.3) is 5.91 Å². The minimum atomic E-state index is -0.212. The third-order valence-electron chi connectivity index (χ3n) is 4.68. The number of benzene rings is 3. The van der Waals surface area contributed by atoms with Gasteiger partial charge in [0.15, 0.2) is 5.82 Å². The van der Waals surface area contributed by atoms with Crippen molar-refractivity contribution in [3.63, 3.8) is 0 Å². The first-order valence-electron chi connectivity index (χ1n) is 9.65. The summed E-state index contributed by atoms with van der Waals surface area (Å²) in [5.74, 6) is -0.0797. The number of aryl methyl sites for hydroxylation is 2. The zero-order valence-electron chi connectivity index (χ0n) is 16.8. The Bertz CT molecular complexity index is 1230. The van der Waals surface area contributed by atoms with Crippen LogP contribution in [0.3, 0.4) is 0 Å². The monoisotopic (exact) mass is 395 g/mol. The Labute approximate surface area is 174 Å². The van der Waals surface area contributed by atoms with Crippen molar-refractivity contribution in [3.8, 4) is 0 Å². The minimum absolute atomic E-state index is 0.165. The number of nitrogens with zero attached hydrogens (tertiary/aromatic N) is 1. The molecule has 0 radical (unpaired) electrons. The van der Waals surface area contributed by atoms with E-state index in [-0.39, 0.29) is 11.7 Å². The van der Waals surface area contributed by atoms with Gasteiger partial charge >= 0.3 is 0 Å². The van der Waals surface area contributed by atoms with Crippen LogP contribution in [0.2, 0.25) is 0 Å². The summed E-state index contributed by atoms with van der Waals surface area (Å²) in [5.41, 5.74) is 5.75. The van der Waals surface area contributed by atoms with Crippen LogP contribution >= 0.6 is 0 Å². The number of fused-ring (bicyclic) bond motifs is 1. The summed E-state index contributed by atoms with van der Waals surface area (Å²) in [5, 5.41) is 2.91. The molecule has 1 heterocycles. The highest BCUT2D eigenvalue weighted by molar-refractivity contribution is 6.06. The average molecular weight is 395 g/mol. The summed E-state index contributed by atoms with van der Waals surface area (Å²) in [6, 6.07) is 20.6. The second-order valence-corrected chi connectivity index (χ2v) is 7.26. The molecule has 0 aliphatic carbocycles. The van der Waals surface area contributed by atoms with Gasteiger partial charge in [-0.3, -0.25) is 9.59 Å². The molecule has 0 atom stereocenters. The fraction of sp³-hybridized carbons (Fsp3) is 0.0800. The first kappa shape index (κ1) is 19.3. The summed E-state index contributed by atoms with van der Waals surface area (Å²) >= 11 is 0. The first-order chi connectivity index (χ1) is 14.5. The van der Waals surface area contributed by atoms with Crippen molar-refractivity contribution >= 4 is 34.5 Å².